The Morgan fingerprint density at radius 3 is 1.95 bits per heavy atom. The van der Waals surface area contributed by atoms with Gasteiger partial charge in [0.15, 0.2) is 0 Å². The number of carbonyl (C=O) groups excluding carboxylic acids is 6. The molecule has 0 aliphatic carbocycles. The minimum atomic E-state index is -1.50. The summed E-state index contributed by atoms with van der Waals surface area (Å²) >= 11 is 1.36. The van der Waals surface area contributed by atoms with Crippen LogP contribution in [0.15, 0.2) is 24.3 Å². The van der Waals surface area contributed by atoms with Gasteiger partial charge in [0.25, 0.3) is 0 Å². The van der Waals surface area contributed by atoms with E-state index in [4.69, 9.17) is 5.73 Å². The number of aromatic hydroxyl groups is 1. The molecule has 1 aliphatic heterocycles. The van der Waals surface area contributed by atoms with Gasteiger partial charge in [-0.1, -0.05) is 26.0 Å². The summed E-state index contributed by atoms with van der Waals surface area (Å²) in [5.41, 5.74) is 6.35. The van der Waals surface area contributed by atoms with Crippen molar-refractivity contribution < 1.29 is 58.8 Å². The van der Waals surface area contributed by atoms with E-state index in [1.807, 2.05) is 13.8 Å². The van der Waals surface area contributed by atoms with Gasteiger partial charge in [0, 0.05) is 19.4 Å². The number of carbonyl (C=O) groups is 8. The van der Waals surface area contributed by atoms with Crippen molar-refractivity contribution in [3.05, 3.63) is 29.8 Å². The topological polar surface area (TPSA) is 307 Å². The predicted octanol–water partition coefficient (Wildman–Crippen LogP) is -1.56. The zero-order valence-electron chi connectivity index (χ0n) is 32.0. The van der Waals surface area contributed by atoms with Gasteiger partial charge in [-0.2, -0.15) is 11.8 Å². The van der Waals surface area contributed by atoms with Crippen LogP contribution >= 0.6 is 11.8 Å². The van der Waals surface area contributed by atoms with Crippen LogP contribution in [-0.4, -0.2) is 140 Å². The number of amides is 6. The van der Waals surface area contributed by atoms with Crippen LogP contribution in [-0.2, 0) is 44.8 Å². The Bertz CT molecular complexity index is 1550. The maximum absolute atomic E-state index is 13.6. The molecule has 312 valence electrons. The third-order valence-corrected chi connectivity index (χ3v) is 9.60. The Kier molecular flexibility index (Phi) is 19.6. The molecule has 0 spiro atoms. The van der Waals surface area contributed by atoms with Crippen LogP contribution in [0.1, 0.15) is 64.9 Å². The van der Waals surface area contributed by atoms with E-state index in [1.54, 1.807) is 6.26 Å². The third kappa shape index (κ3) is 15.3. The molecule has 0 bridgehead atoms. The molecular formula is C36H55N7O12S. The number of carboxylic acid groups (broad SMARTS) is 2. The number of hydrogen-bond donors (Lipinski definition) is 10. The molecule has 11 N–H and O–H groups in total. The van der Waals surface area contributed by atoms with Crippen molar-refractivity contribution in [2.75, 3.05) is 25.2 Å². The fourth-order valence-corrected chi connectivity index (χ4v) is 6.41. The molecule has 1 aliphatic rings. The number of aliphatic hydroxyl groups is 1. The van der Waals surface area contributed by atoms with Crippen LogP contribution in [0.4, 0.5) is 0 Å². The largest absolute Gasteiger partial charge is 0.508 e. The van der Waals surface area contributed by atoms with Gasteiger partial charge in [-0.25, -0.2) is 4.79 Å². The minimum absolute atomic E-state index is 0.0475. The van der Waals surface area contributed by atoms with Gasteiger partial charge in [0.1, 0.15) is 42.0 Å². The van der Waals surface area contributed by atoms with Crippen LogP contribution in [0.5, 0.6) is 5.75 Å². The second-order valence-electron chi connectivity index (χ2n) is 14.0. The van der Waals surface area contributed by atoms with Gasteiger partial charge in [-0.05, 0) is 74.7 Å². The fourth-order valence-electron chi connectivity index (χ4n) is 5.94. The molecule has 0 radical (unpaired) electrons. The lowest BCUT2D eigenvalue weighted by Crippen LogP contribution is -2.59. The monoisotopic (exact) mass is 809 g/mol. The number of carboxylic acids is 2. The first-order valence-electron chi connectivity index (χ1n) is 18.3. The summed E-state index contributed by atoms with van der Waals surface area (Å²) in [6.07, 6.45) is 1.68. The number of benzene rings is 1. The van der Waals surface area contributed by atoms with Crippen LogP contribution in [0.2, 0.25) is 0 Å². The molecule has 1 aromatic carbocycles. The van der Waals surface area contributed by atoms with E-state index < -0.39 is 109 Å². The van der Waals surface area contributed by atoms with Crippen molar-refractivity contribution in [3.63, 3.8) is 0 Å². The molecule has 1 saturated heterocycles. The van der Waals surface area contributed by atoms with Gasteiger partial charge in [-0.15, -0.1) is 0 Å². The lowest BCUT2D eigenvalue weighted by molar-refractivity contribution is -0.143. The number of likely N-dealkylation sites (tertiary alicyclic amines) is 1. The van der Waals surface area contributed by atoms with E-state index in [1.165, 1.54) is 47.9 Å². The maximum atomic E-state index is 13.6. The van der Waals surface area contributed by atoms with E-state index in [-0.39, 0.29) is 37.5 Å². The second-order valence-corrected chi connectivity index (χ2v) is 15.0. The summed E-state index contributed by atoms with van der Waals surface area (Å²) in [7, 11) is 0. The van der Waals surface area contributed by atoms with E-state index in [9.17, 15) is 58.8 Å². The molecule has 7 atom stereocenters. The summed E-state index contributed by atoms with van der Waals surface area (Å²) in [6, 6.07) is -3.12. The van der Waals surface area contributed by atoms with Gasteiger partial charge in [0.2, 0.25) is 35.4 Å². The summed E-state index contributed by atoms with van der Waals surface area (Å²) < 4.78 is 0. The second kappa shape index (κ2) is 23.2. The number of nitrogens with zero attached hydrogens (tertiary/aromatic N) is 1. The number of thioether (sulfide) groups is 1. The molecule has 0 saturated carbocycles. The predicted molar refractivity (Wildman–Crippen MR) is 204 cm³/mol. The maximum Gasteiger partial charge on any atom is 0.326 e. The zero-order chi connectivity index (χ0) is 42.1. The fraction of sp³-hybridized carbons (Fsp3) is 0.611. The Labute approximate surface area is 329 Å². The normalized spacial score (nSPS) is 17.1. The quantitative estimate of drug-likeness (QED) is 0.0598. The van der Waals surface area contributed by atoms with Crippen LogP contribution < -0.4 is 32.3 Å². The molecule has 20 heteroatoms. The first-order valence-corrected chi connectivity index (χ1v) is 19.7. The van der Waals surface area contributed by atoms with Crippen molar-refractivity contribution >= 4 is 59.1 Å². The Hall–Kier alpha value is -4.95. The molecule has 0 aromatic heterocycles. The van der Waals surface area contributed by atoms with Crippen molar-refractivity contribution in [1.82, 2.24) is 31.5 Å². The van der Waals surface area contributed by atoms with Gasteiger partial charge >= 0.3 is 11.9 Å². The number of rotatable bonds is 23. The molecule has 0 unspecified atom stereocenters. The number of nitrogens with one attached hydrogen (secondary N) is 5. The number of aliphatic carboxylic acids is 2. The van der Waals surface area contributed by atoms with E-state index >= 15 is 0 Å². The summed E-state index contributed by atoms with van der Waals surface area (Å²) in [6.45, 7) is 4.50. The first-order chi connectivity index (χ1) is 26.4. The smallest absolute Gasteiger partial charge is 0.326 e. The van der Waals surface area contributed by atoms with Crippen molar-refractivity contribution in [2.24, 2.45) is 11.7 Å². The number of phenols is 1. The Morgan fingerprint density at radius 1 is 0.821 bits per heavy atom. The average Bonchev–Trinajstić information content (AvgIpc) is 3.63. The summed E-state index contributed by atoms with van der Waals surface area (Å²) in [5.74, 6) is -6.87. The highest BCUT2D eigenvalue weighted by atomic mass is 32.2. The highest BCUT2D eigenvalue weighted by Gasteiger charge is 2.39. The lowest BCUT2D eigenvalue weighted by atomic mass is 10.0. The zero-order valence-corrected chi connectivity index (χ0v) is 32.8. The molecule has 1 aromatic rings. The minimum Gasteiger partial charge on any atom is -0.508 e. The number of hydrogen-bond acceptors (Lipinski definition) is 12. The summed E-state index contributed by atoms with van der Waals surface area (Å²) in [5, 5.41) is 50.6. The lowest BCUT2D eigenvalue weighted by Gasteiger charge is -2.29. The van der Waals surface area contributed by atoms with Crippen molar-refractivity contribution in [2.45, 2.75) is 108 Å². The van der Waals surface area contributed by atoms with Crippen molar-refractivity contribution in [1.29, 1.82) is 0 Å². The average molecular weight is 810 g/mol. The van der Waals surface area contributed by atoms with E-state index in [2.05, 4.69) is 26.6 Å². The third-order valence-electron chi connectivity index (χ3n) is 8.96. The summed E-state index contributed by atoms with van der Waals surface area (Å²) in [4.78, 5) is 104. The van der Waals surface area contributed by atoms with Crippen LogP contribution in [0.25, 0.3) is 0 Å². The Morgan fingerprint density at radius 2 is 1.39 bits per heavy atom. The highest BCUT2D eigenvalue weighted by molar-refractivity contribution is 7.98. The molecule has 1 heterocycles. The molecule has 56 heavy (non-hydrogen) atoms. The van der Waals surface area contributed by atoms with E-state index in [0.717, 1.165) is 0 Å². The SMILES string of the molecule is CSCC[C@H](NC(=O)[C@@H]1CCCN1C(=O)[C@H](C)NC(=O)[C@H](CO)NC(=O)[C@@H](N)CC(C)C)C(=O)N[C@@H](CCC(=O)O)C(=O)N[C@@H](Cc1ccc(O)cc1)C(=O)O. The van der Waals surface area contributed by atoms with Crippen LogP contribution in [0, 0.1) is 5.92 Å². The van der Waals surface area contributed by atoms with Gasteiger partial charge in [0.05, 0.1) is 12.6 Å². The molecule has 19 nitrogen and oxygen atoms in total. The van der Waals surface area contributed by atoms with Gasteiger partial charge in [-0.3, -0.25) is 33.6 Å². The van der Waals surface area contributed by atoms with E-state index in [0.29, 0.717) is 24.2 Å². The number of nitrogens with two attached hydrogens (primary N) is 1. The molecule has 6 amide bonds. The highest BCUT2D eigenvalue weighted by Crippen LogP contribution is 2.20. The standard InChI is InChI=1S/C36H55N7O12S/c1-19(2)16-23(37)30(48)42-27(18-44)33(51)38-20(3)35(53)43-14-5-6-28(43)34(52)40-25(13-15-56-4)32(50)39-24(11-12-29(46)47)31(49)41-26(36(54)55)17-21-7-9-22(45)10-8-21/h7-10,19-20,23-28,44-45H,5-6,11-18,37H2,1-4H3,(H,38,51)(H,39,50)(H,40,52)(H,41,49)(H,42,48)(H,46,47)(H,54,55)/t20-,23-,24-,25-,26-,27-,28-/m0/s1. The van der Waals surface area contributed by atoms with Crippen LogP contribution in [0.3, 0.4) is 0 Å². The molecular weight excluding hydrogens is 755 g/mol. The number of aliphatic hydroxyl groups excluding tert-OH is 1. The Balaban J connectivity index is 2.16. The first kappa shape index (κ1) is 47.2. The molecule has 2 rings (SSSR count). The van der Waals surface area contributed by atoms with Crippen molar-refractivity contribution in [3.8, 4) is 5.75 Å². The van der Waals surface area contributed by atoms with Gasteiger partial charge < -0.3 is 57.6 Å². The number of phenolic OH excluding ortho intramolecular Hbond substituents is 1. The molecule has 1 fully saturated rings.